The molecule has 0 bridgehead atoms. The lowest BCUT2D eigenvalue weighted by Crippen LogP contribution is -2.50. The molecule has 2 aliphatic rings. The van der Waals surface area contributed by atoms with E-state index in [1.165, 1.54) is 17.0 Å². The molecule has 0 atom stereocenters. The maximum atomic E-state index is 12.9. The minimum atomic E-state index is -3.31. The molecule has 1 N–H and O–H groups in total. The maximum Gasteiger partial charge on any atom is 0.325 e. The summed E-state index contributed by atoms with van der Waals surface area (Å²) >= 11 is 0. The zero-order chi connectivity index (χ0) is 23.5. The number of likely N-dealkylation sites (N-methyl/N-ethyl adjacent to an activating group) is 1. The Kier molecular flexibility index (Phi) is 7.12. The molecule has 0 unspecified atom stereocenters. The molecule has 1 spiro atoms. The van der Waals surface area contributed by atoms with Crippen molar-refractivity contribution in [3.05, 3.63) is 24.3 Å². The van der Waals surface area contributed by atoms with Crippen molar-refractivity contribution in [2.75, 3.05) is 33.0 Å². The van der Waals surface area contributed by atoms with Gasteiger partial charge < -0.3 is 15.0 Å². The van der Waals surface area contributed by atoms with Gasteiger partial charge in [0.15, 0.2) is 9.84 Å². The monoisotopic (exact) mass is 465 g/mol. The smallest absolute Gasteiger partial charge is 0.325 e. The van der Waals surface area contributed by atoms with Crippen molar-refractivity contribution in [3.8, 4) is 5.75 Å². The van der Waals surface area contributed by atoms with Crippen molar-refractivity contribution in [3.63, 3.8) is 0 Å². The number of hydrogen-bond acceptors (Lipinski definition) is 6. The van der Waals surface area contributed by atoms with Gasteiger partial charge in [-0.05, 0) is 56.2 Å². The van der Waals surface area contributed by atoms with Crippen LogP contribution in [0.25, 0.3) is 0 Å². The number of urea groups is 1. The molecule has 1 aliphatic heterocycles. The van der Waals surface area contributed by atoms with E-state index in [1.807, 2.05) is 0 Å². The maximum absolute atomic E-state index is 12.9. The van der Waals surface area contributed by atoms with Crippen LogP contribution in [-0.4, -0.2) is 74.6 Å². The second kappa shape index (κ2) is 9.48. The van der Waals surface area contributed by atoms with Crippen LogP contribution >= 0.6 is 0 Å². The normalized spacial score (nSPS) is 23.3. The molecule has 176 valence electrons. The van der Waals surface area contributed by atoms with E-state index >= 15 is 0 Å². The molecule has 1 aromatic rings. The number of rotatable bonds is 8. The van der Waals surface area contributed by atoms with Crippen LogP contribution in [0.3, 0.4) is 0 Å². The topological polar surface area (TPSA) is 113 Å². The fourth-order valence-electron chi connectivity index (χ4n) is 4.08. The molecule has 10 heteroatoms. The van der Waals surface area contributed by atoms with Crippen molar-refractivity contribution in [1.29, 1.82) is 0 Å². The van der Waals surface area contributed by atoms with Crippen LogP contribution in [0.5, 0.6) is 5.75 Å². The van der Waals surface area contributed by atoms with Gasteiger partial charge in [0.05, 0.1) is 11.5 Å². The van der Waals surface area contributed by atoms with E-state index in [-0.39, 0.29) is 29.9 Å². The van der Waals surface area contributed by atoms with Gasteiger partial charge in [0.1, 0.15) is 17.8 Å². The SMILES string of the molecule is CC1CCC2(CC1)NC(=O)N(CC(=O)N(C)CCCOc1cccc(S(C)(=O)=O)c1)C2=O. The highest BCUT2D eigenvalue weighted by molar-refractivity contribution is 7.90. The molecule has 9 nitrogen and oxygen atoms in total. The first-order valence-electron chi connectivity index (χ1n) is 10.8. The predicted molar refractivity (Wildman–Crippen MR) is 118 cm³/mol. The third-order valence-electron chi connectivity index (χ3n) is 6.23. The molecular weight excluding hydrogens is 434 g/mol. The van der Waals surface area contributed by atoms with Crippen LogP contribution in [0.15, 0.2) is 29.2 Å². The van der Waals surface area contributed by atoms with Crippen LogP contribution in [0.2, 0.25) is 0 Å². The van der Waals surface area contributed by atoms with E-state index in [0.29, 0.717) is 37.5 Å². The summed E-state index contributed by atoms with van der Waals surface area (Å²) in [5, 5.41) is 2.82. The highest BCUT2D eigenvalue weighted by Gasteiger charge is 2.52. The van der Waals surface area contributed by atoms with Gasteiger partial charge in [-0.25, -0.2) is 13.2 Å². The lowest BCUT2D eigenvalue weighted by Gasteiger charge is -2.33. The first kappa shape index (κ1) is 24.0. The number of nitrogens with one attached hydrogen (secondary N) is 1. The Morgan fingerprint density at radius 3 is 2.62 bits per heavy atom. The lowest BCUT2D eigenvalue weighted by molar-refractivity contribution is -0.139. The first-order chi connectivity index (χ1) is 15.0. The van der Waals surface area contributed by atoms with E-state index in [4.69, 9.17) is 4.74 Å². The summed E-state index contributed by atoms with van der Waals surface area (Å²) in [4.78, 5) is 40.5. The highest BCUT2D eigenvalue weighted by atomic mass is 32.2. The number of imide groups is 1. The zero-order valence-electron chi connectivity index (χ0n) is 18.8. The number of carbonyl (C=O) groups excluding carboxylic acids is 3. The molecule has 4 amide bonds. The zero-order valence-corrected chi connectivity index (χ0v) is 19.6. The molecular formula is C22H31N3O6S. The van der Waals surface area contributed by atoms with Gasteiger partial charge in [-0.15, -0.1) is 0 Å². The van der Waals surface area contributed by atoms with Crippen molar-refractivity contribution in [2.24, 2.45) is 5.92 Å². The molecule has 1 saturated carbocycles. The van der Waals surface area contributed by atoms with Crippen molar-refractivity contribution in [2.45, 2.75) is 49.5 Å². The molecule has 32 heavy (non-hydrogen) atoms. The van der Waals surface area contributed by atoms with Gasteiger partial charge in [-0.3, -0.25) is 14.5 Å². The van der Waals surface area contributed by atoms with Crippen molar-refractivity contribution < 1.29 is 27.5 Å². The van der Waals surface area contributed by atoms with Crippen LogP contribution in [0.4, 0.5) is 4.79 Å². The molecule has 1 aliphatic carbocycles. The second-order valence-corrected chi connectivity index (χ2v) is 10.9. The van der Waals surface area contributed by atoms with Gasteiger partial charge in [0.25, 0.3) is 5.91 Å². The van der Waals surface area contributed by atoms with Gasteiger partial charge in [0.2, 0.25) is 5.91 Å². The minimum Gasteiger partial charge on any atom is -0.493 e. The van der Waals surface area contributed by atoms with E-state index in [0.717, 1.165) is 24.0 Å². The van der Waals surface area contributed by atoms with Gasteiger partial charge in [0, 0.05) is 19.8 Å². The molecule has 3 rings (SSSR count). The Labute approximate surface area is 189 Å². The molecule has 2 fully saturated rings. The summed E-state index contributed by atoms with van der Waals surface area (Å²) in [5.41, 5.74) is -0.850. The van der Waals surface area contributed by atoms with Gasteiger partial charge in [-0.2, -0.15) is 0 Å². The van der Waals surface area contributed by atoms with Crippen molar-refractivity contribution >= 4 is 27.7 Å². The Hall–Kier alpha value is -2.62. The fraction of sp³-hybridized carbons (Fsp3) is 0.591. The Bertz CT molecular complexity index is 985. The standard InChI is InChI=1S/C22H31N3O6S/c1-16-8-10-22(11-9-16)20(27)25(21(28)23-22)15-19(26)24(2)12-5-13-31-17-6-4-7-18(14-17)32(3,29)30/h4,6-7,14,16H,5,8-13,15H2,1-3H3,(H,23,28). The summed E-state index contributed by atoms with van der Waals surface area (Å²) in [5.74, 6) is 0.343. The predicted octanol–water partition coefficient (Wildman–Crippen LogP) is 1.82. The number of amides is 4. The van der Waals surface area contributed by atoms with E-state index in [2.05, 4.69) is 12.2 Å². The highest BCUT2D eigenvalue weighted by Crippen LogP contribution is 2.36. The van der Waals surface area contributed by atoms with Crippen molar-refractivity contribution in [1.82, 2.24) is 15.1 Å². The number of ether oxygens (including phenoxy) is 1. The third kappa shape index (κ3) is 5.40. The lowest BCUT2D eigenvalue weighted by atomic mass is 9.77. The summed E-state index contributed by atoms with van der Waals surface area (Å²) in [6.07, 6.45) is 4.61. The largest absolute Gasteiger partial charge is 0.493 e. The van der Waals surface area contributed by atoms with Gasteiger partial charge in [-0.1, -0.05) is 13.0 Å². The van der Waals surface area contributed by atoms with E-state index in [9.17, 15) is 22.8 Å². The third-order valence-corrected chi connectivity index (χ3v) is 7.34. The van der Waals surface area contributed by atoms with E-state index < -0.39 is 21.4 Å². The molecule has 0 radical (unpaired) electrons. The van der Waals surface area contributed by atoms with Crippen LogP contribution < -0.4 is 10.1 Å². The number of nitrogens with zero attached hydrogens (tertiary/aromatic N) is 2. The summed E-state index contributed by atoms with van der Waals surface area (Å²) in [7, 11) is -1.70. The van der Waals surface area contributed by atoms with Crippen LogP contribution in [0, 0.1) is 5.92 Å². The average molecular weight is 466 g/mol. The van der Waals surface area contributed by atoms with Crippen LogP contribution in [-0.2, 0) is 19.4 Å². The van der Waals surface area contributed by atoms with Gasteiger partial charge >= 0.3 is 6.03 Å². The Morgan fingerprint density at radius 1 is 1.28 bits per heavy atom. The quantitative estimate of drug-likeness (QED) is 0.463. The Morgan fingerprint density at radius 2 is 1.97 bits per heavy atom. The first-order valence-corrected chi connectivity index (χ1v) is 12.7. The summed E-state index contributed by atoms with van der Waals surface area (Å²) in [6.45, 7) is 2.51. The Balaban J connectivity index is 1.46. The summed E-state index contributed by atoms with van der Waals surface area (Å²) < 4.78 is 28.8. The number of sulfone groups is 1. The fourth-order valence-corrected chi connectivity index (χ4v) is 4.74. The van der Waals surface area contributed by atoms with Crippen LogP contribution in [0.1, 0.15) is 39.0 Å². The molecule has 0 aromatic heterocycles. The van der Waals surface area contributed by atoms with E-state index in [1.54, 1.807) is 19.2 Å². The average Bonchev–Trinajstić information content (AvgIpc) is 2.97. The number of carbonyl (C=O) groups is 3. The minimum absolute atomic E-state index is 0.182. The molecule has 1 aromatic carbocycles. The number of hydrogen-bond donors (Lipinski definition) is 1. The molecule has 1 heterocycles. The second-order valence-electron chi connectivity index (χ2n) is 8.85. The molecule has 1 saturated heterocycles. The summed E-state index contributed by atoms with van der Waals surface area (Å²) in [6, 6.07) is 5.74. The number of benzene rings is 1.